The zero-order chi connectivity index (χ0) is 13.1. The molecule has 1 aliphatic heterocycles. The fourth-order valence-corrected chi connectivity index (χ4v) is 3.48. The standard InChI is InChI=1S/C15H20N2O/c1-14(2)8-12-13(15(3,4)17-14)10-7-9(18)5-6-11(10)16-12/h5-7,16-18H,8H2,1-4H3. The first-order chi connectivity index (χ1) is 8.28. The molecule has 0 fully saturated rings. The van der Waals surface area contributed by atoms with Crippen molar-refractivity contribution in [2.24, 2.45) is 0 Å². The van der Waals surface area contributed by atoms with Gasteiger partial charge >= 0.3 is 0 Å². The normalized spacial score (nSPS) is 20.9. The lowest BCUT2D eigenvalue weighted by Gasteiger charge is -2.42. The van der Waals surface area contributed by atoms with Crippen molar-refractivity contribution in [1.82, 2.24) is 10.3 Å². The van der Waals surface area contributed by atoms with Gasteiger partial charge in [-0.25, -0.2) is 0 Å². The fraction of sp³-hybridized carbons (Fsp3) is 0.467. The lowest BCUT2D eigenvalue weighted by molar-refractivity contribution is 0.242. The Morgan fingerprint density at radius 1 is 1.17 bits per heavy atom. The molecule has 0 aliphatic carbocycles. The predicted octanol–water partition coefficient (Wildman–Crippen LogP) is 3.03. The number of benzene rings is 1. The molecule has 3 nitrogen and oxygen atoms in total. The van der Waals surface area contributed by atoms with Gasteiger partial charge in [0.15, 0.2) is 0 Å². The van der Waals surface area contributed by atoms with E-state index < -0.39 is 0 Å². The first-order valence-electron chi connectivity index (χ1n) is 6.42. The molecule has 3 N–H and O–H groups in total. The molecule has 0 atom stereocenters. The first-order valence-corrected chi connectivity index (χ1v) is 6.42. The van der Waals surface area contributed by atoms with Crippen molar-refractivity contribution in [2.45, 2.75) is 45.2 Å². The molecule has 18 heavy (non-hydrogen) atoms. The van der Waals surface area contributed by atoms with E-state index in [-0.39, 0.29) is 11.1 Å². The van der Waals surface area contributed by atoms with Crippen LogP contribution < -0.4 is 5.32 Å². The van der Waals surface area contributed by atoms with Gasteiger partial charge in [0.05, 0.1) is 0 Å². The second-order valence-corrected chi connectivity index (χ2v) is 6.52. The fourth-order valence-electron chi connectivity index (χ4n) is 3.48. The van der Waals surface area contributed by atoms with Crippen LogP contribution in [0.2, 0.25) is 0 Å². The van der Waals surface area contributed by atoms with Gasteiger partial charge in [-0.3, -0.25) is 0 Å². The van der Waals surface area contributed by atoms with Crippen molar-refractivity contribution in [3.63, 3.8) is 0 Å². The highest BCUT2D eigenvalue weighted by Crippen LogP contribution is 2.39. The van der Waals surface area contributed by atoms with E-state index in [1.807, 2.05) is 12.1 Å². The molecule has 2 heterocycles. The number of aromatic nitrogens is 1. The average molecular weight is 244 g/mol. The molecular formula is C15H20N2O. The Morgan fingerprint density at radius 2 is 1.89 bits per heavy atom. The summed E-state index contributed by atoms with van der Waals surface area (Å²) in [6.45, 7) is 8.84. The maximum Gasteiger partial charge on any atom is 0.116 e. The number of rotatable bonds is 0. The third-order valence-electron chi connectivity index (χ3n) is 3.75. The summed E-state index contributed by atoms with van der Waals surface area (Å²) < 4.78 is 0. The molecule has 0 saturated carbocycles. The minimum absolute atomic E-state index is 0.0828. The van der Waals surface area contributed by atoms with Gasteiger partial charge in [-0.2, -0.15) is 0 Å². The van der Waals surface area contributed by atoms with Crippen LogP contribution in [0.1, 0.15) is 39.0 Å². The molecule has 2 aromatic rings. The van der Waals surface area contributed by atoms with E-state index in [2.05, 4.69) is 38.0 Å². The summed E-state index contributed by atoms with van der Waals surface area (Å²) in [6, 6.07) is 5.54. The molecule has 96 valence electrons. The maximum absolute atomic E-state index is 9.69. The van der Waals surface area contributed by atoms with Crippen LogP contribution in [0.4, 0.5) is 0 Å². The second-order valence-electron chi connectivity index (χ2n) is 6.52. The van der Waals surface area contributed by atoms with Gasteiger partial charge in [0.25, 0.3) is 0 Å². The van der Waals surface area contributed by atoms with Gasteiger partial charge < -0.3 is 15.4 Å². The summed E-state index contributed by atoms with van der Waals surface area (Å²) >= 11 is 0. The molecule has 3 rings (SSSR count). The number of phenolic OH excluding ortho intramolecular Hbond substituents is 1. The highest BCUT2D eigenvalue weighted by molar-refractivity contribution is 5.87. The van der Waals surface area contributed by atoms with Crippen LogP contribution in [-0.4, -0.2) is 15.6 Å². The smallest absolute Gasteiger partial charge is 0.116 e. The van der Waals surface area contributed by atoms with Crippen LogP contribution in [0, 0.1) is 0 Å². The van der Waals surface area contributed by atoms with E-state index in [4.69, 9.17) is 0 Å². The molecule has 3 heteroatoms. The van der Waals surface area contributed by atoms with Gasteiger partial charge in [-0.15, -0.1) is 0 Å². The number of nitrogens with one attached hydrogen (secondary N) is 2. The summed E-state index contributed by atoms with van der Waals surface area (Å²) in [7, 11) is 0. The lowest BCUT2D eigenvalue weighted by atomic mass is 9.80. The van der Waals surface area contributed by atoms with Gasteiger partial charge in [0.2, 0.25) is 0 Å². The van der Waals surface area contributed by atoms with E-state index in [1.54, 1.807) is 6.07 Å². The highest BCUT2D eigenvalue weighted by Gasteiger charge is 2.38. The van der Waals surface area contributed by atoms with Crippen LogP contribution in [0.3, 0.4) is 0 Å². The van der Waals surface area contributed by atoms with Crippen LogP contribution in [-0.2, 0) is 12.0 Å². The number of fused-ring (bicyclic) bond motifs is 3. The summed E-state index contributed by atoms with van der Waals surface area (Å²) in [5, 5.41) is 14.5. The van der Waals surface area contributed by atoms with Crippen LogP contribution >= 0.6 is 0 Å². The third kappa shape index (κ3) is 1.62. The Balaban J connectivity index is 2.32. The van der Waals surface area contributed by atoms with Crippen molar-refractivity contribution < 1.29 is 5.11 Å². The van der Waals surface area contributed by atoms with Crippen molar-refractivity contribution in [1.29, 1.82) is 0 Å². The Hall–Kier alpha value is -1.48. The molecule has 0 radical (unpaired) electrons. The predicted molar refractivity (Wildman–Crippen MR) is 73.9 cm³/mol. The molecule has 0 spiro atoms. The summed E-state index contributed by atoms with van der Waals surface area (Å²) in [5.74, 6) is 0.324. The number of hydrogen-bond acceptors (Lipinski definition) is 2. The van der Waals surface area contributed by atoms with Crippen molar-refractivity contribution in [2.75, 3.05) is 0 Å². The first kappa shape index (κ1) is 11.6. The molecule has 0 bridgehead atoms. The van der Waals surface area contributed by atoms with Crippen LogP contribution in [0.25, 0.3) is 10.9 Å². The molecule has 1 aromatic heterocycles. The topological polar surface area (TPSA) is 48.0 Å². The minimum Gasteiger partial charge on any atom is -0.508 e. The average Bonchev–Trinajstić information content (AvgIpc) is 2.51. The molecule has 1 aromatic carbocycles. The van der Waals surface area contributed by atoms with Crippen LogP contribution in [0.15, 0.2) is 18.2 Å². The second kappa shape index (κ2) is 3.29. The third-order valence-corrected chi connectivity index (χ3v) is 3.75. The van der Waals surface area contributed by atoms with Crippen molar-refractivity contribution in [3.05, 3.63) is 29.5 Å². The van der Waals surface area contributed by atoms with Crippen molar-refractivity contribution >= 4 is 10.9 Å². The van der Waals surface area contributed by atoms with Gasteiger partial charge in [-0.1, -0.05) is 0 Å². The van der Waals surface area contributed by atoms with Gasteiger partial charge in [0, 0.05) is 39.7 Å². The van der Waals surface area contributed by atoms with Crippen LogP contribution in [0.5, 0.6) is 5.75 Å². The SMILES string of the molecule is CC1(C)Cc2[nH]c3ccc(O)cc3c2C(C)(C)N1. The zero-order valence-electron chi connectivity index (χ0n) is 11.4. The molecule has 0 saturated heterocycles. The minimum atomic E-state index is -0.0941. The van der Waals surface area contributed by atoms with E-state index in [9.17, 15) is 5.11 Å². The molecule has 0 amide bonds. The monoisotopic (exact) mass is 244 g/mol. The summed E-state index contributed by atoms with van der Waals surface area (Å²) in [4.78, 5) is 3.50. The molecule has 0 unspecified atom stereocenters. The lowest BCUT2D eigenvalue weighted by Crippen LogP contribution is -2.55. The number of aromatic hydroxyl groups is 1. The number of H-pyrrole nitrogens is 1. The summed E-state index contributed by atoms with van der Waals surface area (Å²) in [6.07, 6.45) is 0.973. The Morgan fingerprint density at radius 3 is 2.61 bits per heavy atom. The van der Waals surface area contributed by atoms with Crippen molar-refractivity contribution in [3.8, 4) is 5.75 Å². The summed E-state index contributed by atoms with van der Waals surface area (Å²) in [5.41, 5.74) is 3.66. The van der Waals surface area contributed by atoms with E-state index in [1.165, 1.54) is 11.3 Å². The van der Waals surface area contributed by atoms with E-state index in [0.717, 1.165) is 17.3 Å². The van der Waals surface area contributed by atoms with E-state index >= 15 is 0 Å². The Bertz CT molecular complexity index is 623. The number of hydrogen-bond donors (Lipinski definition) is 3. The molecule has 1 aliphatic rings. The Kier molecular flexibility index (Phi) is 2.12. The quantitative estimate of drug-likeness (QED) is 0.667. The van der Waals surface area contributed by atoms with E-state index in [0.29, 0.717) is 5.75 Å². The highest BCUT2D eigenvalue weighted by atomic mass is 16.3. The molecular weight excluding hydrogens is 224 g/mol. The number of phenols is 1. The van der Waals surface area contributed by atoms with Gasteiger partial charge in [0.1, 0.15) is 5.75 Å². The number of aromatic amines is 1. The van der Waals surface area contributed by atoms with Gasteiger partial charge in [-0.05, 0) is 45.9 Å². The Labute approximate surface area is 107 Å². The zero-order valence-corrected chi connectivity index (χ0v) is 11.4. The maximum atomic E-state index is 9.69. The largest absolute Gasteiger partial charge is 0.508 e.